The van der Waals surface area contributed by atoms with Crippen molar-refractivity contribution in [1.29, 1.82) is 0 Å². The van der Waals surface area contributed by atoms with Crippen molar-refractivity contribution in [3.05, 3.63) is 29.8 Å². The molecular weight excluding hydrogens is 650 g/mol. The molecule has 0 spiro atoms. The van der Waals surface area contributed by atoms with Crippen LogP contribution < -0.4 is 15.4 Å². The van der Waals surface area contributed by atoms with E-state index in [1.165, 1.54) is 23.8 Å². The normalized spacial score (nSPS) is 26.3. The van der Waals surface area contributed by atoms with E-state index in [0.29, 0.717) is 18.8 Å². The molecule has 0 aromatic heterocycles. The zero-order chi connectivity index (χ0) is 35.9. The van der Waals surface area contributed by atoms with Gasteiger partial charge in [0.25, 0.3) is 5.92 Å². The number of likely N-dealkylation sites (N-methyl/N-ethyl adjacent to an activating group) is 1. The van der Waals surface area contributed by atoms with E-state index < -0.39 is 103 Å². The quantitative estimate of drug-likeness (QED) is 0.412. The van der Waals surface area contributed by atoms with Crippen LogP contribution in [-0.2, 0) is 19.1 Å². The smallest absolute Gasteiger partial charge is 0.410 e. The number of fused-ring (bicyclic) bond motifs is 2. The molecule has 3 fully saturated rings. The predicted octanol–water partition coefficient (Wildman–Crippen LogP) is 4.11. The molecule has 3 heterocycles. The summed E-state index contributed by atoms with van der Waals surface area (Å²) in [5.41, 5.74) is -0.0905. The molecule has 5 rings (SSSR count). The molecule has 272 valence electrons. The van der Waals surface area contributed by atoms with Crippen molar-refractivity contribution in [2.24, 2.45) is 5.92 Å². The molecule has 2 saturated heterocycles. The molecular formula is C34H47F4N5O6. The van der Waals surface area contributed by atoms with Crippen LogP contribution in [0.4, 0.5) is 22.4 Å². The Morgan fingerprint density at radius 2 is 1.69 bits per heavy atom. The lowest BCUT2D eigenvalue weighted by atomic mass is 9.81. The van der Waals surface area contributed by atoms with Crippen molar-refractivity contribution in [2.45, 2.75) is 114 Å². The zero-order valence-corrected chi connectivity index (χ0v) is 28.6. The largest absolute Gasteiger partial charge is 0.493 e. The number of benzene rings is 1. The highest BCUT2D eigenvalue weighted by Gasteiger charge is 2.53. The van der Waals surface area contributed by atoms with Gasteiger partial charge in [-0.2, -0.15) is 0 Å². The highest BCUT2D eigenvalue weighted by atomic mass is 19.3. The summed E-state index contributed by atoms with van der Waals surface area (Å²) in [5.74, 6) is -8.05. The summed E-state index contributed by atoms with van der Waals surface area (Å²) >= 11 is 0. The molecule has 3 aliphatic heterocycles. The molecule has 4 amide bonds. The van der Waals surface area contributed by atoms with E-state index >= 15 is 0 Å². The second kappa shape index (κ2) is 13.9. The molecule has 11 nitrogen and oxygen atoms in total. The Balaban J connectivity index is 1.41. The fourth-order valence-corrected chi connectivity index (χ4v) is 7.16. The van der Waals surface area contributed by atoms with Crippen LogP contribution in [0, 0.1) is 5.92 Å². The number of hydrogen-bond acceptors (Lipinski definition) is 7. The average molecular weight is 698 g/mol. The first kappa shape index (κ1) is 36.7. The topological polar surface area (TPSA) is 121 Å². The number of amides is 4. The van der Waals surface area contributed by atoms with E-state index in [4.69, 9.17) is 9.47 Å². The number of para-hydroxylation sites is 1. The van der Waals surface area contributed by atoms with Crippen molar-refractivity contribution in [3.8, 4) is 5.75 Å². The number of carbonyl (C=O) groups excluding carboxylic acids is 4. The van der Waals surface area contributed by atoms with Gasteiger partial charge in [0.05, 0.1) is 19.2 Å². The Hall–Kier alpha value is -3.62. The number of rotatable bonds is 7. The van der Waals surface area contributed by atoms with Gasteiger partial charge in [-0.15, -0.1) is 0 Å². The van der Waals surface area contributed by atoms with E-state index in [9.17, 15) is 36.7 Å². The standard InChI is InChI=1S/C34H47F4N5O6/c1-20(41(5)31(47)49-32(2,3)4)28(44)40-27(21-10-13-33(35,36)14-11-21)30(46)43-17-22-16-34(37,38)19-42(22)18-25(43)29(45)39-24-12-15-48-26-9-7-6-8-23(24)26/h6-9,20-22,24-25,27H,10-19H2,1-5H3,(H,39,45)(H,40,44)/t20-,22+,24+,25-,27-/m0/s1. The number of hydrogen-bond donors (Lipinski definition) is 2. The van der Waals surface area contributed by atoms with Crippen molar-refractivity contribution >= 4 is 23.8 Å². The molecule has 0 bridgehead atoms. The van der Waals surface area contributed by atoms with Crippen molar-refractivity contribution in [3.63, 3.8) is 0 Å². The van der Waals surface area contributed by atoms with Gasteiger partial charge < -0.3 is 25.0 Å². The second-order valence-corrected chi connectivity index (χ2v) is 14.8. The lowest BCUT2D eigenvalue weighted by Crippen LogP contribution is -2.66. The zero-order valence-electron chi connectivity index (χ0n) is 28.6. The van der Waals surface area contributed by atoms with Crippen LogP contribution in [0.25, 0.3) is 0 Å². The average Bonchev–Trinajstić information content (AvgIpc) is 3.34. The van der Waals surface area contributed by atoms with Crippen LogP contribution in [0.3, 0.4) is 0 Å². The summed E-state index contributed by atoms with van der Waals surface area (Å²) in [6.45, 7) is 5.86. The summed E-state index contributed by atoms with van der Waals surface area (Å²) in [6, 6.07) is 2.37. The number of ether oxygens (including phenoxy) is 2. The fourth-order valence-electron chi connectivity index (χ4n) is 7.16. The summed E-state index contributed by atoms with van der Waals surface area (Å²) < 4.78 is 68.9. The van der Waals surface area contributed by atoms with Crippen LogP contribution in [0.15, 0.2) is 24.3 Å². The summed E-state index contributed by atoms with van der Waals surface area (Å²) in [4.78, 5) is 58.7. The Labute approximate surface area is 284 Å². The number of carbonyl (C=O) groups is 4. The Bertz CT molecular complexity index is 1410. The van der Waals surface area contributed by atoms with Crippen LogP contribution in [0.2, 0.25) is 0 Å². The molecule has 1 aromatic rings. The molecule has 1 aromatic carbocycles. The highest BCUT2D eigenvalue weighted by Crippen LogP contribution is 2.40. The van der Waals surface area contributed by atoms with Gasteiger partial charge in [-0.25, -0.2) is 22.4 Å². The van der Waals surface area contributed by atoms with E-state index in [1.54, 1.807) is 32.9 Å². The van der Waals surface area contributed by atoms with Gasteiger partial charge in [-0.05, 0) is 52.5 Å². The molecule has 15 heteroatoms. The van der Waals surface area contributed by atoms with Gasteiger partial charge in [-0.3, -0.25) is 24.2 Å². The fraction of sp³-hybridized carbons (Fsp3) is 0.706. The number of nitrogens with one attached hydrogen (secondary N) is 2. The minimum atomic E-state index is -3.02. The van der Waals surface area contributed by atoms with Gasteiger partial charge in [0, 0.05) is 57.4 Å². The summed E-state index contributed by atoms with van der Waals surface area (Å²) in [7, 11) is 1.37. The number of halogens is 4. The molecule has 0 unspecified atom stereocenters. The van der Waals surface area contributed by atoms with E-state index in [-0.39, 0.29) is 25.9 Å². The van der Waals surface area contributed by atoms with Crippen LogP contribution in [0.5, 0.6) is 5.75 Å². The first-order valence-electron chi connectivity index (χ1n) is 16.9. The monoisotopic (exact) mass is 697 g/mol. The van der Waals surface area contributed by atoms with Crippen LogP contribution in [0.1, 0.15) is 77.8 Å². The molecule has 2 N–H and O–H groups in total. The van der Waals surface area contributed by atoms with Gasteiger partial charge >= 0.3 is 6.09 Å². The van der Waals surface area contributed by atoms with E-state index in [1.807, 2.05) is 12.1 Å². The first-order chi connectivity index (χ1) is 22.8. The first-order valence-corrected chi connectivity index (χ1v) is 16.9. The Morgan fingerprint density at radius 1 is 1.02 bits per heavy atom. The maximum Gasteiger partial charge on any atom is 0.410 e. The second-order valence-electron chi connectivity index (χ2n) is 14.8. The predicted molar refractivity (Wildman–Crippen MR) is 170 cm³/mol. The Morgan fingerprint density at radius 3 is 2.37 bits per heavy atom. The minimum absolute atomic E-state index is 0.0862. The van der Waals surface area contributed by atoms with Crippen LogP contribution in [-0.4, -0.2) is 113 Å². The molecule has 1 saturated carbocycles. The molecule has 49 heavy (non-hydrogen) atoms. The van der Waals surface area contributed by atoms with E-state index in [2.05, 4.69) is 10.6 Å². The van der Waals surface area contributed by atoms with Crippen molar-refractivity contribution in [1.82, 2.24) is 25.3 Å². The van der Waals surface area contributed by atoms with Gasteiger partial charge in [0.2, 0.25) is 23.6 Å². The third kappa shape index (κ3) is 8.58. The number of nitrogens with zero attached hydrogens (tertiary/aromatic N) is 3. The number of alkyl halides is 4. The Kier molecular flexibility index (Phi) is 10.4. The lowest BCUT2D eigenvalue weighted by molar-refractivity contribution is -0.150. The van der Waals surface area contributed by atoms with Crippen LogP contribution >= 0.6 is 0 Å². The van der Waals surface area contributed by atoms with E-state index in [0.717, 1.165) is 10.5 Å². The van der Waals surface area contributed by atoms with Gasteiger partial charge in [-0.1, -0.05) is 18.2 Å². The van der Waals surface area contributed by atoms with Gasteiger partial charge in [0.1, 0.15) is 29.5 Å². The summed E-state index contributed by atoms with van der Waals surface area (Å²) in [6.07, 6.45) is -2.01. The SMILES string of the molecule is C[C@@H](C(=O)N[C@H](C(=O)N1C[C@H]2CC(F)(F)CN2C[C@H]1C(=O)N[C@@H]1CCOc2ccccc21)C1CCC(F)(F)CC1)N(C)C(=O)OC(C)(C)C. The van der Waals surface area contributed by atoms with Gasteiger partial charge in [0.15, 0.2) is 0 Å². The summed E-state index contributed by atoms with van der Waals surface area (Å²) in [5, 5.41) is 5.70. The third-order valence-corrected chi connectivity index (χ3v) is 9.98. The molecule has 1 aliphatic carbocycles. The molecule has 0 radical (unpaired) electrons. The van der Waals surface area contributed by atoms with Crippen molar-refractivity contribution in [2.75, 3.05) is 33.3 Å². The molecule has 5 atom stereocenters. The minimum Gasteiger partial charge on any atom is -0.493 e. The maximum atomic E-state index is 14.6. The third-order valence-electron chi connectivity index (χ3n) is 9.98. The maximum absolute atomic E-state index is 14.6. The number of piperazine rings is 1. The highest BCUT2D eigenvalue weighted by molar-refractivity contribution is 5.94. The molecule has 4 aliphatic rings. The van der Waals surface area contributed by atoms with Crippen molar-refractivity contribution < 1.29 is 46.2 Å². The lowest BCUT2D eigenvalue weighted by Gasteiger charge is -2.45.